The first-order chi connectivity index (χ1) is 13.6. The van der Waals surface area contributed by atoms with Crippen LogP contribution in [0, 0.1) is 0 Å². The molecule has 1 aromatic heterocycles. The van der Waals surface area contributed by atoms with Gasteiger partial charge in [-0.3, -0.25) is 0 Å². The Labute approximate surface area is 187 Å². The maximum atomic E-state index is 6.71. The molecule has 168 valence electrons. The van der Waals surface area contributed by atoms with E-state index in [1.165, 1.54) is 61.2 Å². The predicted octanol–water partition coefficient (Wildman–Crippen LogP) is 6.75. The first-order valence-electron chi connectivity index (χ1n) is 12.2. The first-order valence-corrected chi connectivity index (χ1v) is 22.5. The van der Waals surface area contributed by atoms with Crippen molar-refractivity contribution in [2.75, 3.05) is 0 Å². The quantitative estimate of drug-likeness (QED) is 0.266. The van der Waals surface area contributed by atoms with Gasteiger partial charge in [-0.15, -0.1) is 0 Å². The second kappa shape index (κ2) is 12.7. The van der Waals surface area contributed by atoms with Gasteiger partial charge in [-0.1, -0.05) is 0 Å². The number of rotatable bonds is 13. The van der Waals surface area contributed by atoms with E-state index in [0.29, 0.717) is 0 Å². The summed E-state index contributed by atoms with van der Waals surface area (Å²) in [4.78, 5) is 10.4. The van der Waals surface area contributed by atoms with Crippen molar-refractivity contribution in [3.63, 3.8) is 0 Å². The third kappa shape index (κ3) is 7.82. The van der Waals surface area contributed by atoms with E-state index in [-0.39, 0.29) is 5.41 Å². The summed E-state index contributed by atoms with van der Waals surface area (Å²) in [6.45, 7) is 20.6. The molecule has 0 aromatic carbocycles. The molecule has 0 atom stereocenters. The van der Waals surface area contributed by atoms with Gasteiger partial charge in [0.25, 0.3) is 0 Å². The van der Waals surface area contributed by atoms with Gasteiger partial charge in [-0.2, -0.15) is 0 Å². The van der Waals surface area contributed by atoms with Gasteiger partial charge in [-0.25, -0.2) is 0 Å². The van der Waals surface area contributed by atoms with Crippen LogP contribution < -0.4 is 8.14 Å². The molecule has 0 aliphatic carbocycles. The third-order valence-corrected chi connectivity index (χ3v) is 21.6. The van der Waals surface area contributed by atoms with Gasteiger partial charge in [0.1, 0.15) is 0 Å². The molecule has 1 heterocycles. The number of nitrogens with zero attached hydrogens (tertiary/aromatic N) is 2. The Balaban J connectivity index is 3.80. The Kier molecular flexibility index (Phi) is 11.8. The fraction of sp³-hybridized carbons (Fsp3) is 0.833. The molecule has 0 bridgehead atoms. The Morgan fingerprint density at radius 3 is 1.66 bits per heavy atom. The van der Waals surface area contributed by atoms with Crippen LogP contribution in [0.1, 0.15) is 98.5 Å². The van der Waals surface area contributed by atoms with Gasteiger partial charge in [0, 0.05) is 0 Å². The molecule has 3 nitrogen and oxygen atoms in total. The van der Waals surface area contributed by atoms with Crippen LogP contribution in [0.15, 0.2) is 0 Å². The molecule has 1 rings (SSSR count). The van der Waals surface area contributed by atoms with Crippen molar-refractivity contribution in [2.45, 2.75) is 125 Å². The molecule has 29 heavy (non-hydrogen) atoms. The first kappa shape index (κ1) is 26.9. The van der Waals surface area contributed by atoms with Crippen LogP contribution >= 0.6 is 0 Å². The summed E-state index contributed by atoms with van der Waals surface area (Å²) in [5.74, 6) is 2.17. The molecule has 0 aliphatic rings. The molecular formula is C24H48N2OSiSn. The van der Waals surface area contributed by atoms with Crippen molar-refractivity contribution in [3.8, 4) is 5.75 Å². The van der Waals surface area contributed by atoms with E-state index in [9.17, 15) is 0 Å². The second-order valence-electron chi connectivity index (χ2n) is 10.0. The van der Waals surface area contributed by atoms with Gasteiger partial charge in [0.15, 0.2) is 0 Å². The van der Waals surface area contributed by atoms with Crippen LogP contribution in [0.2, 0.25) is 26.4 Å². The normalized spacial score (nSPS) is 12.6. The number of unbranched alkanes of at least 4 members (excludes halogenated alkanes) is 3. The molecule has 0 unspecified atom stereocenters. The van der Waals surface area contributed by atoms with Crippen LogP contribution in [-0.2, 0) is 11.8 Å². The van der Waals surface area contributed by atoms with Crippen LogP contribution in [-0.4, -0.2) is 37.4 Å². The van der Waals surface area contributed by atoms with Crippen molar-refractivity contribution in [3.05, 3.63) is 11.5 Å². The van der Waals surface area contributed by atoms with E-state index in [0.717, 1.165) is 18.0 Å². The Morgan fingerprint density at radius 1 is 0.828 bits per heavy atom. The Morgan fingerprint density at radius 2 is 1.31 bits per heavy atom. The summed E-state index contributed by atoms with van der Waals surface area (Å²) in [6, 6.07) is 0. The maximum absolute atomic E-state index is 6.71. The molecule has 0 aliphatic heterocycles. The number of aromatic nitrogens is 2. The molecule has 0 fully saturated rings. The number of hydrogen-bond acceptors (Lipinski definition) is 3. The minimum atomic E-state index is -2.72. The average molecular weight is 527 g/mol. The summed E-state index contributed by atoms with van der Waals surface area (Å²) >= 11 is -2.72. The van der Waals surface area contributed by atoms with Gasteiger partial charge < -0.3 is 0 Å². The van der Waals surface area contributed by atoms with Crippen molar-refractivity contribution < 1.29 is 4.43 Å². The Hall–Kier alpha value is -0.104. The molecule has 0 amide bonds. The zero-order valence-electron chi connectivity index (χ0n) is 21.0. The summed E-state index contributed by atoms with van der Waals surface area (Å²) in [5.41, 5.74) is 1.16. The SMILES string of the molecule is CCC[CH2][Sn]([CH2]CCC)([CH2]CCC)[c]1nc(CC)nc(C(C)(C)C)c1O[SiH](C)C. The number of aryl methyl sites for hydroxylation is 1. The standard InChI is InChI=1S/C12H21N2OSi.3C4H9.Sn/c1-7-10-13-8-9(15-16(5)6)11(14-10)12(2,3)4;3*1-3-4-2;/h16H,7H2,1-6H3;3*1,3-4H2,2H3;. The second-order valence-corrected chi connectivity index (χ2v) is 25.3. The molecular weight excluding hydrogens is 479 g/mol. The van der Waals surface area contributed by atoms with E-state index in [1.54, 1.807) is 0 Å². The molecule has 0 radical (unpaired) electrons. The number of hydrogen-bond donors (Lipinski definition) is 0. The average Bonchev–Trinajstić information content (AvgIpc) is 2.66. The zero-order chi connectivity index (χ0) is 22.1. The summed E-state index contributed by atoms with van der Waals surface area (Å²) in [6.07, 6.45) is 8.79. The zero-order valence-corrected chi connectivity index (χ0v) is 25.0. The Bertz CT molecular complexity index is 592. The molecule has 1 aromatic rings. The fourth-order valence-corrected chi connectivity index (χ4v) is 21.1. The van der Waals surface area contributed by atoms with Crippen molar-refractivity contribution in [1.82, 2.24) is 9.97 Å². The molecule has 0 N–H and O–H groups in total. The van der Waals surface area contributed by atoms with Crippen LogP contribution in [0.4, 0.5) is 0 Å². The van der Waals surface area contributed by atoms with Crippen LogP contribution in [0.5, 0.6) is 5.75 Å². The van der Waals surface area contributed by atoms with E-state index >= 15 is 0 Å². The van der Waals surface area contributed by atoms with Crippen LogP contribution in [0.25, 0.3) is 0 Å². The molecule has 0 saturated carbocycles. The van der Waals surface area contributed by atoms with Crippen molar-refractivity contribution >= 4 is 31.1 Å². The van der Waals surface area contributed by atoms with E-state index < -0.39 is 27.4 Å². The van der Waals surface area contributed by atoms with E-state index in [1.807, 2.05) is 0 Å². The summed E-state index contributed by atoms with van der Waals surface area (Å²) in [7, 11) is -1.25. The minimum absolute atomic E-state index is 0.0158. The predicted molar refractivity (Wildman–Crippen MR) is 134 cm³/mol. The summed E-state index contributed by atoms with van der Waals surface area (Å²) in [5, 5.41) is 0. The van der Waals surface area contributed by atoms with Gasteiger partial charge in [0.2, 0.25) is 0 Å². The van der Waals surface area contributed by atoms with Crippen molar-refractivity contribution in [1.29, 1.82) is 0 Å². The van der Waals surface area contributed by atoms with E-state index in [4.69, 9.17) is 14.4 Å². The van der Waals surface area contributed by atoms with Crippen LogP contribution in [0.3, 0.4) is 0 Å². The van der Waals surface area contributed by atoms with Gasteiger partial charge in [-0.05, 0) is 0 Å². The molecule has 5 heteroatoms. The van der Waals surface area contributed by atoms with Gasteiger partial charge >= 0.3 is 188 Å². The summed E-state index contributed by atoms with van der Waals surface area (Å²) < 4.78 is 12.4. The third-order valence-electron chi connectivity index (χ3n) is 5.82. The molecule has 0 spiro atoms. The monoisotopic (exact) mass is 528 g/mol. The van der Waals surface area contributed by atoms with E-state index in [2.05, 4.69) is 61.6 Å². The molecule has 0 saturated heterocycles. The van der Waals surface area contributed by atoms with Gasteiger partial charge in [0.05, 0.1) is 0 Å². The van der Waals surface area contributed by atoms with Crippen molar-refractivity contribution in [2.24, 2.45) is 0 Å². The fourth-order valence-electron chi connectivity index (χ4n) is 4.15. The topological polar surface area (TPSA) is 35.0 Å².